The van der Waals surface area contributed by atoms with Gasteiger partial charge in [0.2, 0.25) is 0 Å². The highest BCUT2D eigenvalue weighted by Crippen LogP contribution is 2.33. The van der Waals surface area contributed by atoms with Gasteiger partial charge in [-0.15, -0.1) is 0 Å². The molecular weight excluding hydrogens is 408 g/mol. The lowest BCUT2D eigenvalue weighted by Crippen LogP contribution is -2.32. The van der Waals surface area contributed by atoms with Crippen molar-refractivity contribution in [3.63, 3.8) is 0 Å². The number of aryl methyl sites for hydroxylation is 2. The molecule has 3 aromatic rings. The summed E-state index contributed by atoms with van der Waals surface area (Å²) < 4.78 is 28.2. The lowest BCUT2D eigenvalue weighted by molar-refractivity contribution is 0.0988. The van der Waals surface area contributed by atoms with E-state index in [1.54, 1.807) is 23.1 Å². The second-order valence-corrected chi connectivity index (χ2v) is 9.69. The highest BCUT2D eigenvalue weighted by atomic mass is 32.2. The third-order valence-electron chi connectivity index (χ3n) is 5.72. The fourth-order valence-corrected chi connectivity index (χ4v) is 5.71. The highest BCUT2D eigenvalue weighted by Gasteiger charge is 2.31. The van der Waals surface area contributed by atoms with Crippen LogP contribution in [-0.2, 0) is 16.4 Å². The predicted octanol–water partition coefficient (Wildman–Crippen LogP) is 4.72. The molecule has 160 valence electrons. The van der Waals surface area contributed by atoms with Crippen molar-refractivity contribution in [2.24, 2.45) is 0 Å². The Morgan fingerprint density at radius 1 is 1.00 bits per heavy atom. The minimum Gasteiger partial charge on any atom is -0.308 e. The maximum absolute atomic E-state index is 13.4. The molecule has 0 atom stereocenters. The number of fused-ring (bicyclic) bond motifs is 1. The first-order valence-electron chi connectivity index (χ1n) is 10.4. The van der Waals surface area contributed by atoms with E-state index >= 15 is 0 Å². The normalized spacial score (nSPS) is 13.2. The van der Waals surface area contributed by atoms with Crippen LogP contribution in [0.4, 0.5) is 11.4 Å². The summed E-state index contributed by atoms with van der Waals surface area (Å²) in [4.78, 5) is 15.1. The zero-order valence-corrected chi connectivity index (χ0v) is 18.8. The molecule has 5 nitrogen and oxygen atoms in total. The molecule has 4 rings (SSSR count). The van der Waals surface area contributed by atoms with Gasteiger partial charge >= 0.3 is 0 Å². The number of hydrogen-bond donors (Lipinski definition) is 0. The Morgan fingerprint density at radius 3 is 2.52 bits per heavy atom. The van der Waals surface area contributed by atoms with Crippen LogP contribution >= 0.6 is 0 Å². The van der Waals surface area contributed by atoms with Crippen molar-refractivity contribution in [3.05, 3.63) is 89.0 Å². The van der Waals surface area contributed by atoms with Gasteiger partial charge in [-0.2, -0.15) is 0 Å². The standard InChI is InChI=1S/C25H26N2O3S/c1-4-26(23-13-12-18(2)16-19(23)3)25(28)21-9-7-10-22(17-21)31(29,30)27-15-14-20-8-5-6-11-24(20)27/h5-13,16-17H,4,14-15H2,1-3H3. The third-order valence-corrected chi connectivity index (χ3v) is 7.53. The average Bonchev–Trinajstić information content (AvgIpc) is 3.21. The van der Waals surface area contributed by atoms with Crippen molar-refractivity contribution in [1.82, 2.24) is 0 Å². The molecule has 0 saturated heterocycles. The van der Waals surface area contributed by atoms with Gasteiger partial charge in [0.25, 0.3) is 15.9 Å². The van der Waals surface area contributed by atoms with E-state index in [-0.39, 0.29) is 10.8 Å². The summed E-state index contributed by atoms with van der Waals surface area (Å²) >= 11 is 0. The van der Waals surface area contributed by atoms with Crippen LogP contribution < -0.4 is 9.21 Å². The van der Waals surface area contributed by atoms with Gasteiger partial charge in [-0.25, -0.2) is 8.42 Å². The first-order chi connectivity index (χ1) is 14.8. The zero-order chi connectivity index (χ0) is 22.2. The topological polar surface area (TPSA) is 57.7 Å². The van der Waals surface area contributed by atoms with Crippen LogP contribution in [0, 0.1) is 13.8 Å². The van der Waals surface area contributed by atoms with Gasteiger partial charge in [0.05, 0.1) is 10.6 Å². The molecule has 1 amide bonds. The smallest absolute Gasteiger partial charge is 0.264 e. The van der Waals surface area contributed by atoms with E-state index in [0.717, 1.165) is 22.4 Å². The maximum atomic E-state index is 13.4. The number of para-hydroxylation sites is 1. The molecule has 0 fully saturated rings. The number of amides is 1. The summed E-state index contributed by atoms with van der Waals surface area (Å²) in [6.45, 7) is 6.80. The first kappa shape index (κ1) is 21.1. The Hall–Kier alpha value is -3.12. The second kappa shape index (κ2) is 8.19. The summed E-state index contributed by atoms with van der Waals surface area (Å²) in [5.41, 5.74) is 5.06. The molecule has 0 aromatic heterocycles. The lowest BCUT2D eigenvalue weighted by Gasteiger charge is -2.24. The molecule has 0 aliphatic carbocycles. The molecule has 0 radical (unpaired) electrons. The Balaban J connectivity index is 1.69. The van der Waals surface area contributed by atoms with E-state index in [1.807, 2.05) is 63.2 Å². The fraction of sp³-hybridized carbons (Fsp3) is 0.240. The third kappa shape index (κ3) is 3.83. The maximum Gasteiger partial charge on any atom is 0.264 e. The second-order valence-electron chi connectivity index (χ2n) is 7.82. The van der Waals surface area contributed by atoms with Gasteiger partial charge in [0.15, 0.2) is 0 Å². The number of hydrogen-bond acceptors (Lipinski definition) is 3. The Kier molecular flexibility index (Phi) is 5.58. The molecule has 31 heavy (non-hydrogen) atoms. The monoisotopic (exact) mass is 434 g/mol. The quantitative estimate of drug-likeness (QED) is 0.584. The highest BCUT2D eigenvalue weighted by molar-refractivity contribution is 7.92. The van der Waals surface area contributed by atoms with Crippen LogP contribution in [0.5, 0.6) is 0 Å². The molecule has 1 aliphatic rings. The Labute approximate surface area is 184 Å². The van der Waals surface area contributed by atoms with E-state index in [4.69, 9.17) is 0 Å². The van der Waals surface area contributed by atoms with Gasteiger partial charge in [0, 0.05) is 24.3 Å². The number of carbonyl (C=O) groups is 1. The number of benzene rings is 3. The number of rotatable bonds is 5. The lowest BCUT2D eigenvalue weighted by atomic mass is 10.1. The summed E-state index contributed by atoms with van der Waals surface area (Å²) in [7, 11) is -3.76. The van der Waals surface area contributed by atoms with Crippen molar-refractivity contribution in [2.45, 2.75) is 32.1 Å². The molecule has 0 saturated carbocycles. The number of anilines is 2. The molecule has 0 unspecified atom stereocenters. The number of nitrogens with zero attached hydrogens (tertiary/aromatic N) is 2. The first-order valence-corrected chi connectivity index (χ1v) is 11.9. The van der Waals surface area contributed by atoms with Gasteiger partial charge in [-0.3, -0.25) is 9.10 Å². The molecule has 6 heteroatoms. The summed E-state index contributed by atoms with van der Waals surface area (Å²) in [6, 6.07) is 19.8. The minimum absolute atomic E-state index is 0.131. The van der Waals surface area contributed by atoms with Gasteiger partial charge in [0.1, 0.15) is 0 Å². The van der Waals surface area contributed by atoms with Crippen LogP contribution in [0.1, 0.15) is 34.0 Å². The Bertz CT molecular complexity index is 1250. The molecule has 0 bridgehead atoms. The van der Waals surface area contributed by atoms with Gasteiger partial charge in [-0.1, -0.05) is 42.0 Å². The summed E-state index contributed by atoms with van der Waals surface area (Å²) in [5.74, 6) is -0.215. The average molecular weight is 435 g/mol. The Morgan fingerprint density at radius 2 is 1.77 bits per heavy atom. The molecular formula is C25H26N2O3S. The van der Waals surface area contributed by atoms with Crippen LogP contribution in [-0.4, -0.2) is 27.4 Å². The van der Waals surface area contributed by atoms with E-state index < -0.39 is 10.0 Å². The summed E-state index contributed by atoms with van der Waals surface area (Å²) in [6.07, 6.45) is 0.685. The molecule has 1 aliphatic heterocycles. The minimum atomic E-state index is -3.76. The largest absolute Gasteiger partial charge is 0.308 e. The van der Waals surface area contributed by atoms with Crippen molar-refractivity contribution < 1.29 is 13.2 Å². The van der Waals surface area contributed by atoms with E-state index in [2.05, 4.69) is 0 Å². The van der Waals surface area contributed by atoms with E-state index in [1.165, 1.54) is 10.4 Å². The predicted molar refractivity (Wildman–Crippen MR) is 124 cm³/mol. The molecule has 1 heterocycles. The number of carbonyl (C=O) groups excluding carboxylic acids is 1. The van der Waals surface area contributed by atoms with Gasteiger partial charge < -0.3 is 4.90 Å². The SMILES string of the molecule is CCN(C(=O)c1cccc(S(=O)(=O)N2CCc3ccccc32)c1)c1ccc(C)cc1C. The van der Waals surface area contributed by atoms with Crippen LogP contribution in [0.15, 0.2) is 71.6 Å². The fourth-order valence-electron chi connectivity index (χ4n) is 4.16. The zero-order valence-electron chi connectivity index (χ0n) is 18.0. The van der Waals surface area contributed by atoms with Crippen molar-refractivity contribution in [2.75, 3.05) is 22.3 Å². The van der Waals surface area contributed by atoms with Crippen LogP contribution in [0.25, 0.3) is 0 Å². The molecule has 0 N–H and O–H groups in total. The van der Waals surface area contributed by atoms with E-state index in [9.17, 15) is 13.2 Å². The van der Waals surface area contributed by atoms with Crippen LogP contribution in [0.3, 0.4) is 0 Å². The summed E-state index contributed by atoms with van der Waals surface area (Å²) in [5, 5.41) is 0. The van der Waals surface area contributed by atoms with Crippen LogP contribution in [0.2, 0.25) is 0 Å². The number of sulfonamides is 1. The molecule has 0 spiro atoms. The van der Waals surface area contributed by atoms with Crippen molar-refractivity contribution in [3.8, 4) is 0 Å². The van der Waals surface area contributed by atoms with Crippen molar-refractivity contribution >= 4 is 27.3 Å². The molecule has 3 aromatic carbocycles. The van der Waals surface area contributed by atoms with Crippen molar-refractivity contribution in [1.29, 1.82) is 0 Å². The van der Waals surface area contributed by atoms with Gasteiger partial charge in [-0.05, 0) is 68.7 Å². The van der Waals surface area contributed by atoms with E-state index in [0.29, 0.717) is 30.8 Å².